The zero-order chi connectivity index (χ0) is 20.4. The molecule has 6 nitrogen and oxygen atoms in total. The molecule has 4 rings (SSSR count). The van der Waals surface area contributed by atoms with Crippen LogP contribution in [0, 0.1) is 0 Å². The molecule has 0 unspecified atom stereocenters. The molecule has 1 aromatic heterocycles. The van der Waals surface area contributed by atoms with Gasteiger partial charge >= 0.3 is 5.97 Å². The molecule has 0 saturated carbocycles. The lowest BCUT2D eigenvalue weighted by atomic mass is 10.2. The van der Waals surface area contributed by atoms with Gasteiger partial charge in [-0.25, -0.2) is 18.2 Å². The summed E-state index contributed by atoms with van der Waals surface area (Å²) >= 11 is 1.49. The van der Waals surface area contributed by atoms with Gasteiger partial charge < -0.3 is 4.74 Å². The average molecular weight is 425 g/mol. The molecule has 29 heavy (non-hydrogen) atoms. The lowest BCUT2D eigenvalue weighted by Crippen LogP contribution is -2.14. The summed E-state index contributed by atoms with van der Waals surface area (Å²) < 4.78 is 34.2. The van der Waals surface area contributed by atoms with Crippen LogP contribution in [0.5, 0.6) is 0 Å². The Hall–Kier alpha value is -3.23. The second-order valence-electron chi connectivity index (χ2n) is 6.16. The van der Waals surface area contributed by atoms with E-state index >= 15 is 0 Å². The van der Waals surface area contributed by atoms with E-state index in [4.69, 9.17) is 0 Å². The highest BCUT2D eigenvalue weighted by molar-refractivity contribution is 7.92. The van der Waals surface area contributed by atoms with Crippen molar-refractivity contribution >= 4 is 43.2 Å². The Morgan fingerprint density at radius 2 is 1.76 bits per heavy atom. The number of esters is 1. The van der Waals surface area contributed by atoms with E-state index in [-0.39, 0.29) is 10.5 Å². The van der Waals surface area contributed by atoms with E-state index in [9.17, 15) is 13.2 Å². The molecule has 0 radical (unpaired) electrons. The summed E-state index contributed by atoms with van der Waals surface area (Å²) in [6, 6.07) is 20.5. The molecule has 1 heterocycles. The molecule has 0 saturated heterocycles. The molecule has 0 aliphatic rings. The number of nitrogens with one attached hydrogen (secondary N) is 1. The van der Waals surface area contributed by atoms with Gasteiger partial charge in [0, 0.05) is 5.56 Å². The maximum atomic E-state index is 12.9. The van der Waals surface area contributed by atoms with Crippen molar-refractivity contribution in [2.45, 2.75) is 4.90 Å². The first-order chi connectivity index (χ1) is 14.0. The highest BCUT2D eigenvalue weighted by atomic mass is 32.2. The van der Waals surface area contributed by atoms with Crippen LogP contribution in [-0.2, 0) is 14.8 Å². The second kappa shape index (κ2) is 7.65. The summed E-state index contributed by atoms with van der Waals surface area (Å²) in [6.45, 7) is 0. The van der Waals surface area contributed by atoms with Crippen LogP contribution in [0.25, 0.3) is 20.8 Å². The Morgan fingerprint density at radius 3 is 2.55 bits per heavy atom. The first-order valence-electron chi connectivity index (χ1n) is 8.64. The van der Waals surface area contributed by atoms with Gasteiger partial charge in [0.1, 0.15) is 5.01 Å². The maximum Gasteiger partial charge on any atom is 0.337 e. The predicted molar refractivity (Wildman–Crippen MR) is 114 cm³/mol. The molecule has 0 fully saturated rings. The van der Waals surface area contributed by atoms with Gasteiger partial charge in [-0.3, -0.25) is 4.72 Å². The Morgan fingerprint density at radius 1 is 1.00 bits per heavy atom. The Kier molecular flexibility index (Phi) is 5.04. The van der Waals surface area contributed by atoms with Crippen LogP contribution in [0.1, 0.15) is 10.4 Å². The third kappa shape index (κ3) is 3.85. The van der Waals surface area contributed by atoms with Crippen LogP contribution >= 0.6 is 11.3 Å². The minimum absolute atomic E-state index is 0.0282. The van der Waals surface area contributed by atoms with Crippen molar-refractivity contribution < 1.29 is 17.9 Å². The summed E-state index contributed by atoms with van der Waals surface area (Å²) in [7, 11) is -2.67. The number of hydrogen-bond acceptors (Lipinski definition) is 6. The van der Waals surface area contributed by atoms with Crippen LogP contribution in [0.15, 0.2) is 77.7 Å². The average Bonchev–Trinajstić information content (AvgIpc) is 3.17. The molecule has 0 atom stereocenters. The van der Waals surface area contributed by atoms with Gasteiger partial charge in [0.15, 0.2) is 0 Å². The van der Waals surface area contributed by atoms with Crippen molar-refractivity contribution in [3.63, 3.8) is 0 Å². The summed E-state index contributed by atoms with van der Waals surface area (Å²) in [4.78, 5) is 16.3. The van der Waals surface area contributed by atoms with Crippen LogP contribution in [0.4, 0.5) is 5.69 Å². The number of nitrogens with zero attached hydrogens (tertiary/aromatic N) is 1. The van der Waals surface area contributed by atoms with Crippen molar-refractivity contribution in [1.82, 2.24) is 4.98 Å². The van der Waals surface area contributed by atoms with Crippen molar-refractivity contribution in [2.24, 2.45) is 0 Å². The number of carbonyl (C=O) groups is 1. The number of sulfonamides is 1. The van der Waals surface area contributed by atoms with E-state index in [0.717, 1.165) is 10.2 Å². The standard InChI is InChI=1S/C21H16N2O4S2/c1-27-21(24)14-7-6-8-15(13-14)29(25,26)23-17-10-3-2-9-16(17)20-22-18-11-4-5-12-19(18)28-20/h2-13,23H,1H3. The van der Waals surface area contributed by atoms with E-state index in [0.29, 0.717) is 16.3 Å². The number of fused-ring (bicyclic) bond motifs is 1. The van der Waals surface area contributed by atoms with Crippen LogP contribution < -0.4 is 4.72 Å². The van der Waals surface area contributed by atoms with Gasteiger partial charge in [0.2, 0.25) is 0 Å². The Bertz CT molecular complexity index is 1280. The Labute approximate surface area is 171 Å². The fraction of sp³-hybridized carbons (Fsp3) is 0.0476. The molecule has 8 heteroatoms. The normalized spacial score (nSPS) is 11.3. The smallest absolute Gasteiger partial charge is 0.337 e. The fourth-order valence-corrected chi connectivity index (χ4v) is 4.99. The van der Waals surface area contributed by atoms with Gasteiger partial charge in [-0.2, -0.15) is 0 Å². The highest BCUT2D eigenvalue weighted by Gasteiger charge is 2.19. The van der Waals surface area contributed by atoms with E-state index in [1.54, 1.807) is 12.1 Å². The molecule has 0 bridgehead atoms. The number of methoxy groups -OCH3 is 1. The molecule has 0 amide bonds. The van der Waals surface area contributed by atoms with Crippen molar-refractivity contribution in [2.75, 3.05) is 11.8 Å². The van der Waals surface area contributed by atoms with E-state index in [1.165, 1.54) is 42.7 Å². The zero-order valence-corrected chi connectivity index (χ0v) is 17.0. The zero-order valence-electron chi connectivity index (χ0n) is 15.3. The van der Waals surface area contributed by atoms with Crippen LogP contribution in [0.2, 0.25) is 0 Å². The maximum absolute atomic E-state index is 12.9. The van der Waals surface area contributed by atoms with Crippen LogP contribution in [-0.4, -0.2) is 26.5 Å². The van der Waals surface area contributed by atoms with Gasteiger partial charge in [0.25, 0.3) is 10.0 Å². The highest BCUT2D eigenvalue weighted by Crippen LogP contribution is 2.35. The number of benzene rings is 3. The third-order valence-electron chi connectivity index (χ3n) is 4.26. The first-order valence-corrected chi connectivity index (χ1v) is 10.9. The molecule has 0 aliphatic carbocycles. The van der Waals surface area contributed by atoms with Gasteiger partial charge in [0.05, 0.1) is 33.5 Å². The fourth-order valence-electron chi connectivity index (χ4n) is 2.86. The quantitative estimate of drug-likeness (QED) is 0.475. The lowest BCUT2D eigenvalue weighted by molar-refractivity contribution is 0.0600. The number of hydrogen-bond donors (Lipinski definition) is 1. The van der Waals surface area contributed by atoms with Gasteiger partial charge in [-0.1, -0.05) is 30.3 Å². The number of ether oxygens (including phenoxy) is 1. The number of rotatable bonds is 5. The molecular formula is C21H16N2O4S2. The molecule has 3 aromatic carbocycles. The summed E-state index contributed by atoms with van der Waals surface area (Å²) in [5, 5.41) is 0.716. The summed E-state index contributed by atoms with van der Waals surface area (Å²) in [5.74, 6) is -0.600. The summed E-state index contributed by atoms with van der Waals surface area (Å²) in [6.07, 6.45) is 0. The van der Waals surface area contributed by atoms with E-state index in [1.807, 2.05) is 36.4 Å². The second-order valence-corrected chi connectivity index (χ2v) is 8.87. The number of para-hydroxylation sites is 2. The van der Waals surface area contributed by atoms with Crippen molar-refractivity contribution in [3.05, 3.63) is 78.4 Å². The first kappa shape index (κ1) is 19.1. The summed E-state index contributed by atoms with van der Waals surface area (Å²) in [5.41, 5.74) is 2.11. The minimum atomic E-state index is -3.92. The van der Waals surface area contributed by atoms with Gasteiger partial charge in [-0.15, -0.1) is 11.3 Å². The van der Waals surface area contributed by atoms with Crippen molar-refractivity contribution in [1.29, 1.82) is 0 Å². The Balaban J connectivity index is 1.72. The molecule has 1 N–H and O–H groups in total. The molecule has 4 aromatic rings. The molecular weight excluding hydrogens is 408 g/mol. The van der Waals surface area contributed by atoms with E-state index < -0.39 is 16.0 Å². The molecule has 146 valence electrons. The largest absolute Gasteiger partial charge is 0.465 e. The SMILES string of the molecule is COC(=O)c1cccc(S(=O)(=O)Nc2ccccc2-c2nc3ccccc3s2)c1. The lowest BCUT2D eigenvalue weighted by Gasteiger charge is -2.12. The van der Waals surface area contributed by atoms with Crippen LogP contribution in [0.3, 0.4) is 0 Å². The topological polar surface area (TPSA) is 85.4 Å². The molecule has 0 spiro atoms. The van der Waals surface area contributed by atoms with Gasteiger partial charge in [-0.05, 0) is 42.5 Å². The predicted octanol–water partition coefficient (Wildman–Crippen LogP) is 4.55. The minimum Gasteiger partial charge on any atom is -0.465 e. The third-order valence-corrected chi connectivity index (χ3v) is 6.69. The van der Waals surface area contributed by atoms with Crippen molar-refractivity contribution in [3.8, 4) is 10.6 Å². The number of thiazole rings is 1. The van der Waals surface area contributed by atoms with E-state index in [2.05, 4.69) is 14.4 Å². The number of carbonyl (C=O) groups excluding carboxylic acids is 1. The number of aromatic nitrogens is 1. The molecule has 0 aliphatic heterocycles. The number of anilines is 1. The monoisotopic (exact) mass is 424 g/mol.